The van der Waals surface area contributed by atoms with Gasteiger partial charge in [-0.25, -0.2) is 0 Å². The van der Waals surface area contributed by atoms with Crippen LogP contribution in [0.25, 0.3) is 0 Å². The normalized spacial score (nSPS) is 16.5. The average Bonchev–Trinajstić information content (AvgIpc) is 2.83. The molecule has 33 heavy (non-hydrogen) atoms. The maximum absolute atomic E-state index is 12.0. The Kier molecular flexibility index (Phi) is 7.49. The molecule has 2 N–H and O–H groups in total. The molecule has 0 aromatic heterocycles. The van der Waals surface area contributed by atoms with Crippen LogP contribution in [0.4, 0.5) is 0 Å². The molecular weight excluding hydrogens is 410 g/mol. The Labute approximate surface area is 197 Å². The van der Waals surface area contributed by atoms with Gasteiger partial charge in [-0.05, 0) is 80.1 Å². The summed E-state index contributed by atoms with van der Waals surface area (Å²) in [5.41, 5.74) is 3.18. The third-order valence-corrected chi connectivity index (χ3v) is 6.71. The zero-order chi connectivity index (χ0) is 23.3. The molecule has 1 fully saturated rings. The summed E-state index contributed by atoms with van der Waals surface area (Å²) in [6.45, 7) is 6.63. The molecule has 0 amide bonds. The topological polar surface area (TPSA) is 52.9 Å². The standard InChI is InChI=1S/C29H35NO3/c1-22-17-23(2)19-28(18-22)33-21-27(31)20-30-15-13-26(14-16-30)29(32,24-9-5-3-6-10-24)25-11-7-4-8-12-25/h3-12,17-19,26-27,31-32H,13-16,20-21H2,1-2H3/t27-/m0/s1. The van der Waals surface area contributed by atoms with E-state index >= 15 is 0 Å². The monoisotopic (exact) mass is 445 g/mol. The molecule has 1 aliphatic heterocycles. The van der Waals surface area contributed by atoms with Gasteiger partial charge in [0.05, 0.1) is 0 Å². The molecule has 1 heterocycles. The molecule has 0 unspecified atom stereocenters. The molecule has 1 aliphatic rings. The predicted octanol–water partition coefficient (Wildman–Crippen LogP) is 4.69. The molecule has 3 aromatic rings. The maximum atomic E-state index is 12.0. The minimum atomic E-state index is -1.01. The van der Waals surface area contributed by atoms with Gasteiger partial charge < -0.3 is 19.8 Å². The number of hydrogen-bond donors (Lipinski definition) is 2. The number of piperidine rings is 1. The van der Waals surface area contributed by atoms with Gasteiger partial charge >= 0.3 is 0 Å². The second-order valence-corrected chi connectivity index (χ2v) is 9.36. The van der Waals surface area contributed by atoms with Gasteiger partial charge in [0, 0.05) is 6.54 Å². The SMILES string of the molecule is Cc1cc(C)cc(OC[C@@H](O)CN2CCC(C(O)(c3ccccc3)c3ccccc3)CC2)c1. The minimum Gasteiger partial charge on any atom is -0.491 e. The molecule has 4 rings (SSSR count). The molecule has 0 bridgehead atoms. The summed E-state index contributed by atoms with van der Waals surface area (Å²) in [4.78, 5) is 2.28. The van der Waals surface area contributed by atoms with Crippen molar-refractivity contribution in [2.45, 2.75) is 38.4 Å². The Morgan fingerprint density at radius 3 is 1.91 bits per heavy atom. The van der Waals surface area contributed by atoms with Gasteiger partial charge in [0.25, 0.3) is 0 Å². The number of likely N-dealkylation sites (tertiary alicyclic amines) is 1. The summed E-state index contributed by atoms with van der Waals surface area (Å²) in [5, 5.41) is 22.6. The highest BCUT2D eigenvalue weighted by atomic mass is 16.5. The van der Waals surface area contributed by atoms with E-state index in [1.54, 1.807) is 0 Å². The Balaban J connectivity index is 1.37. The van der Waals surface area contributed by atoms with Crippen molar-refractivity contribution in [3.8, 4) is 5.75 Å². The number of nitrogens with zero attached hydrogens (tertiary/aromatic N) is 1. The van der Waals surface area contributed by atoms with Gasteiger partial charge in [0.2, 0.25) is 0 Å². The fourth-order valence-electron chi connectivity index (χ4n) is 5.12. The molecule has 0 spiro atoms. The highest BCUT2D eigenvalue weighted by molar-refractivity contribution is 5.37. The number of β-amino-alcohol motifs (C(OH)–C–C–N with tert-alkyl or cyclic N) is 1. The summed E-state index contributed by atoms with van der Waals surface area (Å²) in [5.74, 6) is 0.920. The summed E-state index contributed by atoms with van der Waals surface area (Å²) in [7, 11) is 0. The van der Waals surface area contributed by atoms with E-state index in [0.717, 1.165) is 53.9 Å². The highest BCUT2D eigenvalue weighted by Gasteiger charge is 2.41. The van der Waals surface area contributed by atoms with Crippen LogP contribution in [0.2, 0.25) is 0 Å². The van der Waals surface area contributed by atoms with Crippen LogP contribution in [0, 0.1) is 19.8 Å². The van der Waals surface area contributed by atoms with Crippen LogP contribution in [0.15, 0.2) is 78.9 Å². The largest absolute Gasteiger partial charge is 0.491 e. The van der Waals surface area contributed by atoms with Gasteiger partial charge in [-0.15, -0.1) is 0 Å². The van der Waals surface area contributed by atoms with Crippen molar-refractivity contribution in [1.82, 2.24) is 4.90 Å². The van der Waals surface area contributed by atoms with Gasteiger partial charge in [0.1, 0.15) is 24.1 Å². The second-order valence-electron chi connectivity index (χ2n) is 9.36. The van der Waals surface area contributed by atoms with Crippen molar-refractivity contribution < 1.29 is 14.9 Å². The highest BCUT2D eigenvalue weighted by Crippen LogP contribution is 2.41. The quantitative estimate of drug-likeness (QED) is 0.528. The van der Waals surface area contributed by atoms with E-state index in [9.17, 15) is 10.2 Å². The Hall–Kier alpha value is -2.66. The first-order chi connectivity index (χ1) is 15.9. The number of hydrogen-bond acceptors (Lipinski definition) is 4. The Bertz CT molecular complexity index is 954. The summed E-state index contributed by atoms with van der Waals surface area (Å²) < 4.78 is 5.85. The van der Waals surface area contributed by atoms with Crippen LogP contribution < -0.4 is 4.74 Å². The molecular formula is C29H35NO3. The van der Waals surface area contributed by atoms with Crippen LogP contribution in [0.5, 0.6) is 5.75 Å². The third-order valence-electron chi connectivity index (χ3n) is 6.71. The molecule has 174 valence electrons. The second kappa shape index (κ2) is 10.5. The fraction of sp³-hybridized carbons (Fsp3) is 0.379. The third kappa shape index (κ3) is 5.64. The van der Waals surface area contributed by atoms with Crippen LogP contribution in [-0.2, 0) is 5.60 Å². The van der Waals surface area contributed by atoms with Crippen molar-refractivity contribution in [2.75, 3.05) is 26.2 Å². The molecule has 0 aliphatic carbocycles. The lowest BCUT2D eigenvalue weighted by atomic mass is 9.72. The van der Waals surface area contributed by atoms with E-state index in [4.69, 9.17) is 4.74 Å². The smallest absolute Gasteiger partial charge is 0.119 e. The average molecular weight is 446 g/mol. The van der Waals surface area contributed by atoms with E-state index < -0.39 is 11.7 Å². The minimum absolute atomic E-state index is 0.113. The van der Waals surface area contributed by atoms with Gasteiger partial charge in [-0.1, -0.05) is 66.7 Å². The zero-order valence-corrected chi connectivity index (χ0v) is 19.7. The number of aliphatic hydroxyl groups is 2. The molecule has 1 saturated heterocycles. The first-order valence-electron chi connectivity index (χ1n) is 11.9. The molecule has 4 nitrogen and oxygen atoms in total. The first kappa shape index (κ1) is 23.5. The van der Waals surface area contributed by atoms with Gasteiger partial charge in [-0.3, -0.25) is 0 Å². The van der Waals surface area contributed by atoms with Crippen LogP contribution in [-0.4, -0.2) is 47.5 Å². The van der Waals surface area contributed by atoms with E-state index in [1.165, 1.54) is 0 Å². The van der Waals surface area contributed by atoms with E-state index in [1.807, 2.05) is 86.6 Å². The number of ether oxygens (including phenoxy) is 1. The molecule has 0 radical (unpaired) electrons. The van der Waals surface area contributed by atoms with Gasteiger partial charge in [0.15, 0.2) is 0 Å². The summed E-state index contributed by atoms with van der Waals surface area (Å²) in [6.07, 6.45) is 1.18. The number of benzene rings is 3. The Morgan fingerprint density at radius 2 is 1.39 bits per heavy atom. The van der Waals surface area contributed by atoms with Crippen molar-refractivity contribution in [2.24, 2.45) is 5.92 Å². The van der Waals surface area contributed by atoms with Crippen molar-refractivity contribution in [3.05, 3.63) is 101 Å². The van der Waals surface area contributed by atoms with Gasteiger partial charge in [-0.2, -0.15) is 0 Å². The number of aliphatic hydroxyl groups excluding tert-OH is 1. The van der Waals surface area contributed by atoms with Crippen molar-refractivity contribution in [3.63, 3.8) is 0 Å². The van der Waals surface area contributed by atoms with Crippen molar-refractivity contribution >= 4 is 0 Å². The Morgan fingerprint density at radius 1 is 0.879 bits per heavy atom. The molecule has 3 aromatic carbocycles. The van der Waals surface area contributed by atoms with Crippen LogP contribution in [0.3, 0.4) is 0 Å². The van der Waals surface area contributed by atoms with E-state index in [-0.39, 0.29) is 12.5 Å². The lowest BCUT2D eigenvalue weighted by Gasteiger charge is -2.42. The van der Waals surface area contributed by atoms with Crippen LogP contribution in [0.1, 0.15) is 35.1 Å². The van der Waals surface area contributed by atoms with Crippen molar-refractivity contribution in [1.29, 1.82) is 0 Å². The molecule has 0 saturated carbocycles. The molecule has 1 atom stereocenters. The first-order valence-corrected chi connectivity index (χ1v) is 11.9. The zero-order valence-electron chi connectivity index (χ0n) is 19.7. The lowest BCUT2D eigenvalue weighted by molar-refractivity contribution is -0.0222. The lowest BCUT2D eigenvalue weighted by Crippen LogP contribution is -2.46. The molecule has 4 heteroatoms. The number of aryl methyl sites for hydroxylation is 2. The maximum Gasteiger partial charge on any atom is 0.119 e. The van der Waals surface area contributed by atoms with E-state index in [0.29, 0.717) is 6.54 Å². The predicted molar refractivity (Wildman–Crippen MR) is 132 cm³/mol. The fourth-order valence-corrected chi connectivity index (χ4v) is 5.12. The summed E-state index contributed by atoms with van der Waals surface area (Å²) >= 11 is 0. The van der Waals surface area contributed by atoms with E-state index in [2.05, 4.69) is 11.0 Å². The summed E-state index contributed by atoms with van der Waals surface area (Å²) in [6, 6.07) is 26.1. The number of rotatable bonds is 8. The van der Waals surface area contributed by atoms with Crippen LogP contribution >= 0.6 is 0 Å².